The summed E-state index contributed by atoms with van der Waals surface area (Å²) < 4.78 is 10.9. The summed E-state index contributed by atoms with van der Waals surface area (Å²) in [5.74, 6) is 2.43. The molecule has 6 heteroatoms. The Bertz CT molecular complexity index is 737. The molecule has 0 spiro atoms. The molecule has 0 aliphatic carbocycles. The van der Waals surface area contributed by atoms with Crippen molar-refractivity contribution in [2.24, 2.45) is 10.9 Å². The zero-order valence-corrected chi connectivity index (χ0v) is 17.2. The van der Waals surface area contributed by atoms with Crippen molar-refractivity contribution in [2.75, 3.05) is 52.3 Å². The number of hydrogen-bond acceptors (Lipinski definition) is 4. The van der Waals surface area contributed by atoms with Crippen molar-refractivity contribution in [3.8, 4) is 0 Å². The van der Waals surface area contributed by atoms with E-state index >= 15 is 0 Å². The van der Waals surface area contributed by atoms with Crippen LogP contribution in [0.4, 0.5) is 5.69 Å². The molecule has 0 amide bonds. The molecule has 6 nitrogen and oxygen atoms in total. The molecule has 1 saturated heterocycles. The molecule has 1 unspecified atom stereocenters. The summed E-state index contributed by atoms with van der Waals surface area (Å²) in [6.07, 6.45) is 3.65. The zero-order valence-electron chi connectivity index (χ0n) is 17.2. The van der Waals surface area contributed by atoms with Gasteiger partial charge in [0.2, 0.25) is 0 Å². The lowest BCUT2D eigenvalue weighted by atomic mass is 10.1. The molecule has 0 bridgehead atoms. The average Bonchev–Trinajstić information content (AvgIpc) is 3.38. The van der Waals surface area contributed by atoms with E-state index in [-0.39, 0.29) is 0 Å². The van der Waals surface area contributed by atoms with Crippen LogP contribution in [0.15, 0.2) is 52.1 Å². The van der Waals surface area contributed by atoms with Gasteiger partial charge in [0.25, 0.3) is 0 Å². The van der Waals surface area contributed by atoms with Crippen LogP contribution in [0.2, 0.25) is 0 Å². The summed E-state index contributed by atoms with van der Waals surface area (Å²) in [6, 6.07) is 12.5. The van der Waals surface area contributed by atoms with Crippen molar-refractivity contribution in [1.82, 2.24) is 10.2 Å². The van der Waals surface area contributed by atoms with E-state index in [1.54, 1.807) is 6.26 Å². The quantitative estimate of drug-likeness (QED) is 0.560. The maximum absolute atomic E-state index is 5.49. The number of ether oxygens (including phenoxy) is 1. The second-order valence-corrected chi connectivity index (χ2v) is 7.57. The Kier molecular flexibility index (Phi) is 7.37. The summed E-state index contributed by atoms with van der Waals surface area (Å²) in [5.41, 5.74) is 2.47. The Hall–Kier alpha value is -2.47. The Labute approximate surface area is 168 Å². The van der Waals surface area contributed by atoms with Gasteiger partial charge in [0, 0.05) is 65.4 Å². The Morgan fingerprint density at radius 1 is 1.21 bits per heavy atom. The molecule has 2 heterocycles. The van der Waals surface area contributed by atoms with Crippen LogP contribution in [0.25, 0.3) is 0 Å². The Balaban J connectivity index is 1.63. The maximum Gasteiger partial charge on any atom is 0.193 e. The van der Waals surface area contributed by atoms with Crippen LogP contribution in [0.1, 0.15) is 17.7 Å². The van der Waals surface area contributed by atoms with Gasteiger partial charge in [-0.2, -0.15) is 0 Å². The molecule has 1 aliphatic heterocycles. The first-order valence-electron chi connectivity index (χ1n) is 9.97. The predicted molar refractivity (Wildman–Crippen MR) is 114 cm³/mol. The van der Waals surface area contributed by atoms with Gasteiger partial charge < -0.3 is 24.3 Å². The third kappa shape index (κ3) is 6.02. The monoisotopic (exact) mass is 384 g/mol. The van der Waals surface area contributed by atoms with E-state index in [0.717, 1.165) is 57.4 Å². The molecule has 1 aromatic heterocycles. The third-order valence-corrected chi connectivity index (χ3v) is 4.97. The van der Waals surface area contributed by atoms with Gasteiger partial charge >= 0.3 is 0 Å². The Morgan fingerprint density at radius 3 is 2.82 bits per heavy atom. The van der Waals surface area contributed by atoms with Crippen LogP contribution in [-0.4, -0.2) is 58.3 Å². The third-order valence-electron chi connectivity index (χ3n) is 4.97. The maximum atomic E-state index is 5.49. The standard InChI is InChI=1S/C22H32N4O2/c1-25(2)20-7-4-6-18(14-20)16-26(3)22(24-15-19-10-13-27-17-19)23-11-9-21-8-5-12-28-21/h4-8,12,14,19H,9-11,13,15-17H2,1-3H3,(H,23,24). The topological polar surface area (TPSA) is 53.2 Å². The minimum absolute atomic E-state index is 0.521. The van der Waals surface area contributed by atoms with Gasteiger partial charge in [-0.25, -0.2) is 0 Å². The smallest absolute Gasteiger partial charge is 0.193 e. The summed E-state index contributed by atoms with van der Waals surface area (Å²) in [4.78, 5) is 9.20. The van der Waals surface area contributed by atoms with Crippen molar-refractivity contribution >= 4 is 11.6 Å². The molecule has 152 valence electrons. The number of hydrogen-bond donors (Lipinski definition) is 1. The number of anilines is 1. The van der Waals surface area contributed by atoms with Crippen molar-refractivity contribution in [2.45, 2.75) is 19.4 Å². The first-order valence-corrected chi connectivity index (χ1v) is 9.97. The first kappa shape index (κ1) is 20.3. The summed E-state index contributed by atoms with van der Waals surface area (Å²) in [5, 5.41) is 3.50. The van der Waals surface area contributed by atoms with Gasteiger partial charge in [-0.15, -0.1) is 0 Å². The fraction of sp³-hybridized carbons (Fsp3) is 0.500. The molecule has 0 radical (unpaired) electrons. The van der Waals surface area contributed by atoms with Crippen molar-refractivity contribution in [3.63, 3.8) is 0 Å². The molecule has 1 atom stereocenters. The van der Waals surface area contributed by atoms with E-state index in [1.807, 2.05) is 12.1 Å². The lowest BCUT2D eigenvalue weighted by molar-refractivity contribution is 0.187. The minimum atomic E-state index is 0.521. The number of furan rings is 1. The van der Waals surface area contributed by atoms with E-state index in [9.17, 15) is 0 Å². The highest BCUT2D eigenvalue weighted by Gasteiger charge is 2.16. The van der Waals surface area contributed by atoms with Gasteiger partial charge in [0.1, 0.15) is 5.76 Å². The van der Waals surface area contributed by atoms with Crippen molar-refractivity contribution < 1.29 is 9.15 Å². The summed E-state index contributed by atoms with van der Waals surface area (Å²) in [7, 11) is 6.22. The largest absolute Gasteiger partial charge is 0.469 e. The molecule has 1 aliphatic rings. The van der Waals surface area contributed by atoms with Crippen LogP contribution in [0.3, 0.4) is 0 Å². The predicted octanol–water partition coefficient (Wildman–Crippen LogP) is 3.00. The van der Waals surface area contributed by atoms with Crippen molar-refractivity contribution in [1.29, 1.82) is 0 Å². The van der Waals surface area contributed by atoms with Gasteiger partial charge in [-0.05, 0) is 36.2 Å². The lowest BCUT2D eigenvalue weighted by Crippen LogP contribution is -2.40. The van der Waals surface area contributed by atoms with E-state index < -0.39 is 0 Å². The van der Waals surface area contributed by atoms with E-state index in [4.69, 9.17) is 14.1 Å². The van der Waals surface area contributed by atoms with Crippen LogP contribution in [0.5, 0.6) is 0 Å². The molecule has 0 saturated carbocycles. The molecule has 28 heavy (non-hydrogen) atoms. The summed E-state index contributed by atoms with van der Waals surface area (Å²) >= 11 is 0. The van der Waals surface area contributed by atoms with Gasteiger partial charge in [-0.1, -0.05) is 12.1 Å². The first-order chi connectivity index (χ1) is 13.6. The molecule has 1 aromatic carbocycles. The lowest BCUT2D eigenvalue weighted by Gasteiger charge is -2.24. The van der Waals surface area contributed by atoms with E-state index in [2.05, 4.69) is 60.5 Å². The SMILES string of the molecule is CN(Cc1cccc(N(C)C)c1)C(=NCC1CCOC1)NCCc1ccco1. The highest BCUT2D eigenvalue weighted by molar-refractivity contribution is 5.79. The number of nitrogens with zero attached hydrogens (tertiary/aromatic N) is 3. The van der Waals surface area contributed by atoms with Crippen LogP contribution in [0, 0.1) is 5.92 Å². The molecule has 1 N–H and O–H groups in total. The van der Waals surface area contributed by atoms with Crippen LogP contribution in [-0.2, 0) is 17.7 Å². The highest BCUT2D eigenvalue weighted by Crippen LogP contribution is 2.15. The number of guanidine groups is 1. The van der Waals surface area contributed by atoms with Crippen molar-refractivity contribution in [3.05, 3.63) is 54.0 Å². The van der Waals surface area contributed by atoms with E-state index in [1.165, 1.54) is 11.3 Å². The normalized spacial score (nSPS) is 17.0. The molecular formula is C22H32N4O2. The second-order valence-electron chi connectivity index (χ2n) is 7.57. The van der Waals surface area contributed by atoms with Gasteiger partial charge in [-0.3, -0.25) is 4.99 Å². The number of nitrogens with one attached hydrogen (secondary N) is 1. The fourth-order valence-electron chi connectivity index (χ4n) is 3.29. The fourth-order valence-corrected chi connectivity index (χ4v) is 3.29. The van der Waals surface area contributed by atoms with Gasteiger partial charge in [0.15, 0.2) is 5.96 Å². The minimum Gasteiger partial charge on any atom is -0.469 e. The van der Waals surface area contributed by atoms with Crippen LogP contribution < -0.4 is 10.2 Å². The second kappa shape index (κ2) is 10.2. The van der Waals surface area contributed by atoms with Gasteiger partial charge in [0.05, 0.1) is 12.9 Å². The average molecular weight is 385 g/mol. The Morgan fingerprint density at radius 2 is 2.11 bits per heavy atom. The molecule has 2 aromatic rings. The highest BCUT2D eigenvalue weighted by atomic mass is 16.5. The number of aliphatic imine (C=N–C) groups is 1. The molecular weight excluding hydrogens is 352 g/mol. The number of benzene rings is 1. The summed E-state index contributed by atoms with van der Waals surface area (Å²) in [6.45, 7) is 4.06. The zero-order chi connectivity index (χ0) is 19.8. The molecule has 3 rings (SSSR count). The number of rotatable bonds is 8. The molecule has 1 fully saturated rings. The van der Waals surface area contributed by atoms with Crippen LogP contribution >= 0.6 is 0 Å². The van der Waals surface area contributed by atoms with E-state index in [0.29, 0.717) is 5.92 Å².